The molecule has 1 aliphatic carbocycles. The molecule has 1 aliphatic rings. The van der Waals surface area contributed by atoms with Crippen molar-refractivity contribution < 1.29 is 4.74 Å². The summed E-state index contributed by atoms with van der Waals surface area (Å²) in [7, 11) is 0. The Labute approximate surface area is 114 Å². The predicted molar refractivity (Wildman–Crippen MR) is 75.6 cm³/mol. The molecule has 0 saturated heterocycles. The fourth-order valence-corrected chi connectivity index (χ4v) is 2.13. The molecule has 0 radical (unpaired) electrons. The molecule has 1 aromatic rings. The number of hydrogen-bond acceptors (Lipinski definition) is 6. The lowest BCUT2D eigenvalue weighted by molar-refractivity contribution is 0.128. The van der Waals surface area contributed by atoms with Crippen molar-refractivity contribution >= 4 is 11.6 Å². The standard InChI is InChI=1S/C13H23N5O/c1-4-19-8-12-15-10(7-11(16-12)18-14)17-13(2,3)9-5-6-9/h7,9H,4-6,8,14H2,1-3H3,(H2,15,16,17,18). The minimum Gasteiger partial charge on any atom is -0.374 e. The van der Waals surface area contributed by atoms with Crippen molar-refractivity contribution in [2.45, 2.75) is 45.8 Å². The highest BCUT2D eigenvalue weighted by atomic mass is 16.5. The van der Waals surface area contributed by atoms with E-state index in [2.05, 4.69) is 34.6 Å². The minimum atomic E-state index is 0.0447. The number of nitrogen functional groups attached to an aromatic ring is 1. The van der Waals surface area contributed by atoms with Crippen LogP contribution in [-0.4, -0.2) is 22.1 Å². The molecule has 0 aliphatic heterocycles. The Kier molecular flexibility index (Phi) is 4.21. The number of hydrogen-bond donors (Lipinski definition) is 3. The molecule has 1 fully saturated rings. The summed E-state index contributed by atoms with van der Waals surface area (Å²) in [5.41, 5.74) is 2.61. The number of nitrogens with two attached hydrogens (primary N) is 1. The minimum absolute atomic E-state index is 0.0447. The lowest BCUT2D eigenvalue weighted by Crippen LogP contribution is -2.34. The molecule has 4 N–H and O–H groups in total. The van der Waals surface area contributed by atoms with Gasteiger partial charge in [0.05, 0.1) is 0 Å². The van der Waals surface area contributed by atoms with E-state index in [-0.39, 0.29) is 5.54 Å². The zero-order valence-corrected chi connectivity index (χ0v) is 11.9. The largest absolute Gasteiger partial charge is 0.374 e. The normalized spacial score (nSPS) is 15.4. The topological polar surface area (TPSA) is 85.1 Å². The molecule has 106 valence electrons. The fourth-order valence-electron chi connectivity index (χ4n) is 2.13. The van der Waals surface area contributed by atoms with Crippen LogP contribution in [0.1, 0.15) is 39.4 Å². The molecular weight excluding hydrogens is 242 g/mol. The van der Waals surface area contributed by atoms with Crippen LogP contribution in [0, 0.1) is 5.92 Å². The number of hydrazine groups is 1. The summed E-state index contributed by atoms with van der Waals surface area (Å²) >= 11 is 0. The summed E-state index contributed by atoms with van der Waals surface area (Å²) in [6.07, 6.45) is 2.55. The van der Waals surface area contributed by atoms with Gasteiger partial charge < -0.3 is 15.5 Å². The Balaban J connectivity index is 2.13. The molecule has 1 heterocycles. The second kappa shape index (κ2) is 5.71. The van der Waals surface area contributed by atoms with Gasteiger partial charge in [-0.25, -0.2) is 15.8 Å². The third-order valence-electron chi connectivity index (χ3n) is 3.40. The lowest BCUT2D eigenvalue weighted by Gasteiger charge is -2.27. The van der Waals surface area contributed by atoms with Gasteiger partial charge in [-0.05, 0) is 39.5 Å². The second-order valence-electron chi connectivity index (χ2n) is 5.46. The molecule has 0 unspecified atom stereocenters. The van der Waals surface area contributed by atoms with Crippen molar-refractivity contribution in [3.63, 3.8) is 0 Å². The van der Waals surface area contributed by atoms with Gasteiger partial charge in [0.1, 0.15) is 18.2 Å². The molecule has 6 heteroatoms. The van der Waals surface area contributed by atoms with Crippen molar-refractivity contribution in [3.05, 3.63) is 11.9 Å². The third-order valence-corrected chi connectivity index (χ3v) is 3.40. The van der Waals surface area contributed by atoms with Crippen molar-refractivity contribution in [3.8, 4) is 0 Å². The van der Waals surface area contributed by atoms with Crippen molar-refractivity contribution in [1.29, 1.82) is 0 Å². The van der Waals surface area contributed by atoms with E-state index in [1.807, 2.05) is 13.0 Å². The molecule has 2 rings (SSSR count). The van der Waals surface area contributed by atoms with Crippen LogP contribution in [0.3, 0.4) is 0 Å². The van der Waals surface area contributed by atoms with Crippen molar-refractivity contribution in [1.82, 2.24) is 9.97 Å². The molecule has 0 amide bonds. The van der Waals surface area contributed by atoms with E-state index in [0.29, 0.717) is 30.8 Å². The van der Waals surface area contributed by atoms with Crippen molar-refractivity contribution in [2.75, 3.05) is 17.3 Å². The van der Waals surface area contributed by atoms with Gasteiger partial charge in [0.2, 0.25) is 0 Å². The summed E-state index contributed by atoms with van der Waals surface area (Å²) < 4.78 is 5.34. The summed E-state index contributed by atoms with van der Waals surface area (Å²) in [6, 6.07) is 1.82. The number of anilines is 2. The van der Waals surface area contributed by atoms with Gasteiger partial charge in [-0.15, -0.1) is 0 Å². The Bertz CT molecular complexity index is 431. The first-order valence-corrected chi connectivity index (χ1v) is 6.75. The Morgan fingerprint density at radius 2 is 2.05 bits per heavy atom. The quantitative estimate of drug-likeness (QED) is 0.516. The molecule has 6 nitrogen and oxygen atoms in total. The van der Waals surface area contributed by atoms with Gasteiger partial charge in [-0.3, -0.25) is 0 Å². The lowest BCUT2D eigenvalue weighted by atomic mass is 9.99. The highest BCUT2D eigenvalue weighted by molar-refractivity contribution is 5.48. The average molecular weight is 265 g/mol. The van der Waals surface area contributed by atoms with Crippen LogP contribution >= 0.6 is 0 Å². The Morgan fingerprint density at radius 3 is 2.63 bits per heavy atom. The summed E-state index contributed by atoms with van der Waals surface area (Å²) in [5, 5.41) is 3.47. The highest BCUT2D eigenvalue weighted by Crippen LogP contribution is 2.40. The Morgan fingerprint density at radius 1 is 1.37 bits per heavy atom. The number of rotatable bonds is 7. The first-order valence-electron chi connectivity index (χ1n) is 6.75. The van der Waals surface area contributed by atoms with Gasteiger partial charge in [0, 0.05) is 18.2 Å². The molecule has 1 saturated carbocycles. The molecule has 0 bridgehead atoms. The zero-order chi connectivity index (χ0) is 13.9. The van der Waals surface area contributed by atoms with Gasteiger partial charge in [0.25, 0.3) is 0 Å². The second-order valence-corrected chi connectivity index (χ2v) is 5.46. The maximum absolute atomic E-state index is 5.44. The first kappa shape index (κ1) is 14.0. The summed E-state index contributed by atoms with van der Waals surface area (Å²) in [4.78, 5) is 8.74. The van der Waals surface area contributed by atoms with Crippen LogP contribution in [0.15, 0.2) is 6.07 Å². The molecule has 0 spiro atoms. The molecular formula is C13H23N5O. The number of nitrogens with zero attached hydrogens (tertiary/aromatic N) is 2. The van der Waals surface area contributed by atoms with Gasteiger partial charge >= 0.3 is 0 Å². The SMILES string of the molecule is CCOCc1nc(NN)cc(NC(C)(C)C2CC2)n1. The van der Waals surface area contributed by atoms with Crippen molar-refractivity contribution in [2.24, 2.45) is 11.8 Å². The van der Waals surface area contributed by atoms with Gasteiger partial charge in [-0.2, -0.15) is 0 Å². The predicted octanol–water partition coefficient (Wildman–Crippen LogP) is 1.90. The van der Waals surface area contributed by atoms with E-state index >= 15 is 0 Å². The molecule has 0 atom stereocenters. The van der Waals surface area contributed by atoms with Crippen LogP contribution in [0.4, 0.5) is 11.6 Å². The molecule has 19 heavy (non-hydrogen) atoms. The molecule has 0 aromatic carbocycles. The van der Waals surface area contributed by atoms with E-state index in [1.54, 1.807) is 0 Å². The maximum atomic E-state index is 5.44. The molecule has 1 aromatic heterocycles. The Hall–Kier alpha value is -1.40. The monoisotopic (exact) mass is 265 g/mol. The number of ether oxygens (including phenoxy) is 1. The van der Waals surface area contributed by atoms with E-state index in [9.17, 15) is 0 Å². The number of nitrogens with one attached hydrogen (secondary N) is 2. The number of aromatic nitrogens is 2. The average Bonchev–Trinajstić information content (AvgIpc) is 3.20. The third kappa shape index (κ3) is 3.78. The van der Waals surface area contributed by atoms with E-state index in [4.69, 9.17) is 10.6 Å². The summed E-state index contributed by atoms with van der Waals surface area (Å²) in [5.74, 6) is 8.17. The van der Waals surface area contributed by atoms with E-state index < -0.39 is 0 Å². The first-order chi connectivity index (χ1) is 9.05. The highest BCUT2D eigenvalue weighted by Gasteiger charge is 2.37. The van der Waals surface area contributed by atoms with E-state index in [1.165, 1.54) is 12.8 Å². The van der Waals surface area contributed by atoms with E-state index in [0.717, 1.165) is 5.82 Å². The van der Waals surface area contributed by atoms with Crippen LogP contribution in [0.5, 0.6) is 0 Å². The van der Waals surface area contributed by atoms with Gasteiger partial charge in [0.15, 0.2) is 5.82 Å². The zero-order valence-electron chi connectivity index (χ0n) is 11.9. The van der Waals surface area contributed by atoms with Crippen LogP contribution in [0.25, 0.3) is 0 Å². The smallest absolute Gasteiger partial charge is 0.158 e. The fraction of sp³-hybridized carbons (Fsp3) is 0.692. The maximum Gasteiger partial charge on any atom is 0.158 e. The van der Waals surface area contributed by atoms with Crippen LogP contribution < -0.4 is 16.6 Å². The van der Waals surface area contributed by atoms with Crippen LogP contribution in [0.2, 0.25) is 0 Å². The van der Waals surface area contributed by atoms with Crippen LogP contribution in [-0.2, 0) is 11.3 Å². The summed E-state index contributed by atoms with van der Waals surface area (Å²) in [6.45, 7) is 7.38. The van der Waals surface area contributed by atoms with Gasteiger partial charge in [-0.1, -0.05) is 0 Å².